The lowest BCUT2D eigenvalue weighted by molar-refractivity contribution is 0.515. The summed E-state index contributed by atoms with van der Waals surface area (Å²) in [6.07, 6.45) is 0. The van der Waals surface area contributed by atoms with Crippen LogP contribution in [-0.4, -0.2) is 6.54 Å². The highest BCUT2D eigenvalue weighted by molar-refractivity contribution is 9.10. The van der Waals surface area contributed by atoms with E-state index in [0.717, 1.165) is 11.0 Å². The average Bonchev–Trinajstić information content (AvgIpc) is 2.43. The van der Waals surface area contributed by atoms with Gasteiger partial charge in [-0.05, 0) is 29.7 Å². The quantitative estimate of drug-likeness (QED) is 0.767. The molecule has 0 spiro atoms. The highest BCUT2D eigenvalue weighted by Crippen LogP contribution is 2.26. The van der Waals surface area contributed by atoms with Gasteiger partial charge in [0.1, 0.15) is 5.82 Å². The normalized spacial score (nSPS) is 12.4. The molecule has 1 atom stereocenters. The molecular weight excluding hydrogens is 317 g/mol. The minimum Gasteiger partial charge on any atom is -0.382 e. The number of halogens is 2. The first-order valence-corrected chi connectivity index (χ1v) is 7.61. The highest BCUT2D eigenvalue weighted by atomic mass is 79.9. The van der Waals surface area contributed by atoms with Gasteiger partial charge in [-0.2, -0.15) is 0 Å². The number of hydrogen-bond acceptors (Lipinski definition) is 1. The Balaban J connectivity index is 2.12. The summed E-state index contributed by atoms with van der Waals surface area (Å²) in [7, 11) is 0. The van der Waals surface area contributed by atoms with Crippen molar-refractivity contribution >= 4 is 21.6 Å². The van der Waals surface area contributed by atoms with Crippen LogP contribution in [0.4, 0.5) is 10.1 Å². The van der Waals surface area contributed by atoms with E-state index in [0.29, 0.717) is 17.5 Å². The number of benzene rings is 2. The van der Waals surface area contributed by atoms with Gasteiger partial charge in [0.25, 0.3) is 0 Å². The topological polar surface area (TPSA) is 12.0 Å². The van der Waals surface area contributed by atoms with Gasteiger partial charge in [0.2, 0.25) is 0 Å². The van der Waals surface area contributed by atoms with E-state index in [1.54, 1.807) is 12.1 Å². The van der Waals surface area contributed by atoms with Crippen LogP contribution < -0.4 is 5.32 Å². The van der Waals surface area contributed by atoms with Gasteiger partial charge >= 0.3 is 0 Å². The summed E-state index contributed by atoms with van der Waals surface area (Å²) in [6.45, 7) is 5.10. The monoisotopic (exact) mass is 335 g/mol. The third-order valence-electron chi connectivity index (χ3n) is 3.47. The summed E-state index contributed by atoms with van der Waals surface area (Å²) >= 11 is 3.37. The summed E-state index contributed by atoms with van der Waals surface area (Å²) in [6, 6.07) is 15.3. The van der Waals surface area contributed by atoms with E-state index in [4.69, 9.17) is 0 Å². The van der Waals surface area contributed by atoms with Gasteiger partial charge in [-0.25, -0.2) is 4.39 Å². The van der Waals surface area contributed by atoms with Crippen molar-refractivity contribution in [2.75, 3.05) is 11.9 Å². The van der Waals surface area contributed by atoms with Crippen molar-refractivity contribution in [1.29, 1.82) is 0 Å². The zero-order valence-corrected chi connectivity index (χ0v) is 13.3. The van der Waals surface area contributed by atoms with Gasteiger partial charge in [0, 0.05) is 16.9 Å². The van der Waals surface area contributed by atoms with Gasteiger partial charge in [-0.1, -0.05) is 60.1 Å². The fraction of sp³-hybridized carbons (Fsp3) is 0.294. The van der Waals surface area contributed by atoms with Crippen molar-refractivity contribution in [3.05, 3.63) is 64.4 Å². The molecule has 3 heteroatoms. The Morgan fingerprint density at radius 1 is 1.10 bits per heavy atom. The number of anilines is 1. The van der Waals surface area contributed by atoms with Crippen molar-refractivity contribution in [1.82, 2.24) is 0 Å². The van der Waals surface area contributed by atoms with E-state index in [-0.39, 0.29) is 5.82 Å². The molecule has 2 rings (SSSR count). The molecule has 2 aromatic rings. The second kappa shape index (κ2) is 6.89. The molecule has 0 fully saturated rings. The molecule has 0 bridgehead atoms. The van der Waals surface area contributed by atoms with E-state index in [2.05, 4.69) is 47.2 Å². The summed E-state index contributed by atoms with van der Waals surface area (Å²) in [5.41, 5.74) is 1.83. The zero-order valence-electron chi connectivity index (χ0n) is 11.7. The first-order chi connectivity index (χ1) is 9.58. The highest BCUT2D eigenvalue weighted by Gasteiger charge is 2.16. The maximum atomic E-state index is 13.7. The van der Waals surface area contributed by atoms with Crippen LogP contribution in [0, 0.1) is 11.7 Å². The molecule has 106 valence electrons. The Labute approximate surface area is 128 Å². The van der Waals surface area contributed by atoms with Crippen LogP contribution in [0.5, 0.6) is 0 Å². The third kappa shape index (κ3) is 3.83. The number of rotatable bonds is 5. The first-order valence-electron chi connectivity index (χ1n) is 6.82. The van der Waals surface area contributed by atoms with Crippen LogP contribution in [0.15, 0.2) is 53.0 Å². The molecule has 0 aliphatic heterocycles. The summed E-state index contributed by atoms with van der Waals surface area (Å²) in [5, 5.41) is 3.23. The smallest absolute Gasteiger partial charge is 0.146 e. The summed E-state index contributed by atoms with van der Waals surface area (Å²) < 4.78 is 14.6. The average molecular weight is 336 g/mol. The van der Waals surface area contributed by atoms with E-state index in [1.165, 1.54) is 11.6 Å². The molecule has 0 saturated carbocycles. The molecule has 1 N–H and O–H groups in total. The maximum Gasteiger partial charge on any atom is 0.146 e. The molecule has 0 aliphatic rings. The maximum absolute atomic E-state index is 13.7. The molecule has 1 unspecified atom stereocenters. The lowest BCUT2D eigenvalue weighted by Gasteiger charge is -2.22. The van der Waals surface area contributed by atoms with Crippen molar-refractivity contribution in [3.8, 4) is 0 Å². The van der Waals surface area contributed by atoms with E-state index in [9.17, 15) is 4.39 Å². The van der Waals surface area contributed by atoms with E-state index >= 15 is 0 Å². The molecule has 0 aromatic heterocycles. The number of hydrogen-bond donors (Lipinski definition) is 1. The van der Waals surface area contributed by atoms with Crippen LogP contribution in [0.3, 0.4) is 0 Å². The lowest BCUT2D eigenvalue weighted by Crippen LogP contribution is -2.18. The molecule has 0 aliphatic carbocycles. The zero-order chi connectivity index (χ0) is 14.5. The van der Waals surface area contributed by atoms with Crippen LogP contribution in [0.1, 0.15) is 25.3 Å². The molecule has 0 saturated heterocycles. The van der Waals surface area contributed by atoms with Gasteiger partial charge in [0.05, 0.1) is 5.69 Å². The van der Waals surface area contributed by atoms with E-state index < -0.39 is 0 Å². The minimum atomic E-state index is -0.219. The fourth-order valence-corrected chi connectivity index (χ4v) is 2.65. The van der Waals surface area contributed by atoms with Crippen LogP contribution in [0.25, 0.3) is 0 Å². The SMILES string of the molecule is CC(C)C(CNc1cc(Br)ccc1F)c1ccccc1. The molecule has 20 heavy (non-hydrogen) atoms. The van der Waals surface area contributed by atoms with Gasteiger partial charge in [-0.3, -0.25) is 0 Å². The Kier molecular flexibility index (Phi) is 5.18. The van der Waals surface area contributed by atoms with Gasteiger partial charge < -0.3 is 5.32 Å². The largest absolute Gasteiger partial charge is 0.382 e. The lowest BCUT2D eigenvalue weighted by atomic mass is 9.88. The number of nitrogens with one attached hydrogen (secondary N) is 1. The molecule has 0 heterocycles. The first kappa shape index (κ1) is 15.0. The standard InChI is InChI=1S/C17H19BrFN/c1-12(2)15(13-6-4-3-5-7-13)11-20-17-10-14(18)8-9-16(17)19/h3-10,12,15,20H,11H2,1-2H3. The van der Waals surface area contributed by atoms with Crippen LogP contribution in [0.2, 0.25) is 0 Å². The van der Waals surface area contributed by atoms with Crippen LogP contribution in [-0.2, 0) is 0 Å². The van der Waals surface area contributed by atoms with Crippen molar-refractivity contribution in [3.63, 3.8) is 0 Å². The summed E-state index contributed by atoms with van der Waals surface area (Å²) in [4.78, 5) is 0. The van der Waals surface area contributed by atoms with Crippen molar-refractivity contribution in [2.24, 2.45) is 5.92 Å². The fourth-order valence-electron chi connectivity index (χ4n) is 2.29. The Bertz CT molecular complexity index is 554. The Hall–Kier alpha value is -1.35. The molecule has 2 aromatic carbocycles. The summed E-state index contributed by atoms with van der Waals surface area (Å²) in [5.74, 6) is 0.624. The van der Waals surface area contributed by atoms with Gasteiger partial charge in [-0.15, -0.1) is 0 Å². The van der Waals surface area contributed by atoms with E-state index in [1.807, 2.05) is 18.2 Å². The Morgan fingerprint density at radius 3 is 2.45 bits per heavy atom. The van der Waals surface area contributed by atoms with Crippen molar-refractivity contribution < 1.29 is 4.39 Å². The Morgan fingerprint density at radius 2 is 1.80 bits per heavy atom. The second-order valence-electron chi connectivity index (χ2n) is 5.27. The predicted molar refractivity (Wildman–Crippen MR) is 86.6 cm³/mol. The second-order valence-corrected chi connectivity index (χ2v) is 6.18. The third-order valence-corrected chi connectivity index (χ3v) is 3.97. The van der Waals surface area contributed by atoms with Crippen LogP contribution >= 0.6 is 15.9 Å². The molecule has 1 nitrogen and oxygen atoms in total. The predicted octanol–water partition coefficient (Wildman–Crippen LogP) is 5.44. The molecule has 0 radical (unpaired) electrons. The molecule has 0 amide bonds. The van der Waals surface area contributed by atoms with Gasteiger partial charge in [0.15, 0.2) is 0 Å². The van der Waals surface area contributed by atoms with Crippen molar-refractivity contribution in [2.45, 2.75) is 19.8 Å². The minimum absolute atomic E-state index is 0.219. The molecular formula is C17H19BrFN.